The van der Waals surface area contributed by atoms with Crippen LogP contribution in [0.5, 0.6) is 0 Å². The Morgan fingerprint density at radius 2 is 1.64 bits per heavy atom. The molecule has 2 aromatic rings. The zero-order valence-electron chi connectivity index (χ0n) is 20.9. The Bertz CT molecular complexity index is 845. The third kappa shape index (κ3) is 8.69. The quantitative estimate of drug-likeness (QED) is 0.367. The maximum Gasteiger partial charge on any atom is 0.254 e. The Balaban J connectivity index is 2.13. The molecule has 2 amide bonds. The Kier molecular flexibility index (Phi) is 11.7. The van der Waals surface area contributed by atoms with Gasteiger partial charge in [-0.1, -0.05) is 38.8 Å². The van der Waals surface area contributed by atoms with Gasteiger partial charge in [-0.05, 0) is 55.5 Å². The van der Waals surface area contributed by atoms with E-state index in [1.165, 1.54) is 5.56 Å². The molecule has 2 rings (SSSR count). The highest BCUT2D eigenvalue weighted by molar-refractivity contribution is 5.96. The number of ether oxygens (including phenoxy) is 1. The molecule has 33 heavy (non-hydrogen) atoms. The molecule has 1 aromatic carbocycles. The Hall–Kier alpha value is -2.60. The standard InChI is InChI=1S/C27H41N3O3/c1-5-7-11-23-13-15-24(16-14-23)27(32)30(19-10-20-33-4)22-26(31)29(18-8-6-2)21-25-12-9-17-28(25)3/h9,12-17H,5-8,10-11,18-22H2,1-4H3. The zero-order chi connectivity index (χ0) is 24.1. The van der Waals surface area contributed by atoms with E-state index < -0.39 is 0 Å². The summed E-state index contributed by atoms with van der Waals surface area (Å²) in [5.74, 6) is -0.120. The number of carbonyl (C=O) groups excluding carboxylic acids is 2. The van der Waals surface area contributed by atoms with Crippen LogP contribution in [0.2, 0.25) is 0 Å². The van der Waals surface area contributed by atoms with Gasteiger partial charge in [-0.15, -0.1) is 0 Å². The van der Waals surface area contributed by atoms with Crippen LogP contribution in [0, 0.1) is 0 Å². The van der Waals surface area contributed by atoms with Crippen molar-refractivity contribution in [1.82, 2.24) is 14.4 Å². The number of rotatable bonds is 15. The second kappa shape index (κ2) is 14.5. The van der Waals surface area contributed by atoms with Gasteiger partial charge in [-0.2, -0.15) is 0 Å². The number of carbonyl (C=O) groups is 2. The fourth-order valence-electron chi connectivity index (χ4n) is 3.79. The SMILES string of the molecule is CCCCc1ccc(C(=O)N(CCCOC)CC(=O)N(CCCC)Cc2cccn2C)cc1. The molecular weight excluding hydrogens is 414 g/mol. The number of aromatic nitrogens is 1. The van der Waals surface area contributed by atoms with Gasteiger partial charge in [0, 0.05) is 51.3 Å². The molecule has 0 spiro atoms. The van der Waals surface area contributed by atoms with E-state index in [1.807, 2.05) is 59.1 Å². The van der Waals surface area contributed by atoms with Crippen LogP contribution >= 0.6 is 0 Å². The smallest absolute Gasteiger partial charge is 0.254 e. The van der Waals surface area contributed by atoms with Crippen molar-refractivity contribution in [2.24, 2.45) is 7.05 Å². The predicted octanol–water partition coefficient (Wildman–Crippen LogP) is 4.68. The van der Waals surface area contributed by atoms with Crippen LogP contribution in [0.4, 0.5) is 0 Å². The summed E-state index contributed by atoms with van der Waals surface area (Å²) in [5.41, 5.74) is 2.95. The molecule has 0 fully saturated rings. The summed E-state index contributed by atoms with van der Waals surface area (Å²) in [6.45, 7) is 6.65. The fraction of sp³-hybridized carbons (Fsp3) is 0.556. The van der Waals surface area contributed by atoms with E-state index >= 15 is 0 Å². The topological polar surface area (TPSA) is 54.8 Å². The average molecular weight is 456 g/mol. The van der Waals surface area contributed by atoms with Crippen molar-refractivity contribution in [3.63, 3.8) is 0 Å². The molecule has 0 aliphatic heterocycles. The van der Waals surface area contributed by atoms with Crippen LogP contribution in [-0.2, 0) is 29.5 Å². The normalized spacial score (nSPS) is 10.9. The Morgan fingerprint density at radius 1 is 0.939 bits per heavy atom. The van der Waals surface area contributed by atoms with E-state index in [1.54, 1.807) is 12.0 Å². The maximum atomic E-state index is 13.3. The summed E-state index contributed by atoms with van der Waals surface area (Å²) in [6, 6.07) is 11.9. The minimum atomic E-state index is -0.101. The number of methoxy groups -OCH3 is 1. The monoisotopic (exact) mass is 455 g/mol. The maximum absolute atomic E-state index is 13.3. The van der Waals surface area contributed by atoms with Crippen molar-refractivity contribution < 1.29 is 14.3 Å². The van der Waals surface area contributed by atoms with Crippen LogP contribution in [0.3, 0.4) is 0 Å². The molecule has 182 valence electrons. The number of amides is 2. The summed E-state index contributed by atoms with van der Waals surface area (Å²) in [4.78, 5) is 30.2. The fourth-order valence-corrected chi connectivity index (χ4v) is 3.79. The Morgan fingerprint density at radius 3 is 2.24 bits per heavy atom. The van der Waals surface area contributed by atoms with Gasteiger partial charge in [0.05, 0.1) is 6.54 Å². The molecule has 0 atom stereocenters. The van der Waals surface area contributed by atoms with Crippen molar-refractivity contribution in [1.29, 1.82) is 0 Å². The summed E-state index contributed by atoms with van der Waals surface area (Å²) in [6.07, 6.45) is 7.93. The molecule has 0 saturated heterocycles. The van der Waals surface area contributed by atoms with Crippen molar-refractivity contribution >= 4 is 11.8 Å². The minimum Gasteiger partial charge on any atom is -0.385 e. The molecule has 0 radical (unpaired) electrons. The molecule has 6 nitrogen and oxygen atoms in total. The number of aryl methyl sites for hydroxylation is 2. The lowest BCUT2D eigenvalue weighted by molar-refractivity contribution is -0.132. The van der Waals surface area contributed by atoms with Gasteiger partial charge in [0.1, 0.15) is 6.54 Å². The van der Waals surface area contributed by atoms with Gasteiger partial charge >= 0.3 is 0 Å². The van der Waals surface area contributed by atoms with Gasteiger partial charge in [0.25, 0.3) is 5.91 Å². The first-order valence-corrected chi connectivity index (χ1v) is 12.2. The number of nitrogens with zero attached hydrogens (tertiary/aromatic N) is 3. The minimum absolute atomic E-state index is 0.0185. The lowest BCUT2D eigenvalue weighted by Gasteiger charge is -2.28. The van der Waals surface area contributed by atoms with Gasteiger partial charge in [-0.3, -0.25) is 9.59 Å². The van der Waals surface area contributed by atoms with Crippen LogP contribution in [0.1, 0.15) is 67.6 Å². The predicted molar refractivity (Wildman–Crippen MR) is 133 cm³/mol. The summed E-state index contributed by atoms with van der Waals surface area (Å²) in [5, 5.41) is 0. The summed E-state index contributed by atoms with van der Waals surface area (Å²) in [7, 11) is 3.64. The van der Waals surface area contributed by atoms with Gasteiger partial charge in [-0.25, -0.2) is 0 Å². The van der Waals surface area contributed by atoms with Crippen LogP contribution in [0.25, 0.3) is 0 Å². The molecule has 0 bridgehead atoms. The van der Waals surface area contributed by atoms with Gasteiger partial charge in [0.2, 0.25) is 5.91 Å². The first-order valence-electron chi connectivity index (χ1n) is 12.2. The van der Waals surface area contributed by atoms with Crippen LogP contribution < -0.4 is 0 Å². The van der Waals surface area contributed by atoms with E-state index in [2.05, 4.69) is 13.8 Å². The van der Waals surface area contributed by atoms with Gasteiger partial charge < -0.3 is 19.1 Å². The van der Waals surface area contributed by atoms with Crippen molar-refractivity contribution in [3.8, 4) is 0 Å². The largest absolute Gasteiger partial charge is 0.385 e. The Labute approximate surface area is 199 Å². The molecule has 1 aromatic heterocycles. The number of unbranched alkanes of at least 4 members (excludes halogenated alkanes) is 2. The van der Waals surface area contributed by atoms with Crippen LogP contribution in [0.15, 0.2) is 42.6 Å². The average Bonchev–Trinajstić information content (AvgIpc) is 3.23. The van der Waals surface area contributed by atoms with E-state index in [4.69, 9.17) is 4.74 Å². The molecule has 0 aliphatic carbocycles. The molecule has 0 aliphatic rings. The molecule has 6 heteroatoms. The molecule has 1 heterocycles. The van der Waals surface area contributed by atoms with E-state index in [0.29, 0.717) is 38.2 Å². The lowest BCUT2D eigenvalue weighted by Crippen LogP contribution is -2.43. The molecule has 0 unspecified atom stereocenters. The number of benzene rings is 1. The first kappa shape index (κ1) is 26.7. The molecular formula is C27H41N3O3. The number of hydrogen-bond acceptors (Lipinski definition) is 3. The lowest BCUT2D eigenvalue weighted by atomic mass is 10.1. The van der Waals surface area contributed by atoms with E-state index in [0.717, 1.165) is 37.8 Å². The summed E-state index contributed by atoms with van der Waals surface area (Å²) < 4.78 is 7.22. The highest BCUT2D eigenvalue weighted by Gasteiger charge is 2.22. The third-order valence-electron chi connectivity index (χ3n) is 5.95. The molecule has 0 saturated carbocycles. The summed E-state index contributed by atoms with van der Waals surface area (Å²) >= 11 is 0. The second-order valence-corrected chi connectivity index (χ2v) is 8.65. The third-order valence-corrected chi connectivity index (χ3v) is 5.95. The molecule has 0 N–H and O–H groups in total. The zero-order valence-corrected chi connectivity index (χ0v) is 20.9. The van der Waals surface area contributed by atoms with Gasteiger partial charge in [0.15, 0.2) is 0 Å². The number of hydrogen-bond donors (Lipinski definition) is 0. The highest BCUT2D eigenvalue weighted by Crippen LogP contribution is 2.13. The highest BCUT2D eigenvalue weighted by atomic mass is 16.5. The van der Waals surface area contributed by atoms with Crippen LogP contribution in [-0.4, -0.2) is 59.5 Å². The van der Waals surface area contributed by atoms with Crippen molar-refractivity contribution in [2.45, 2.75) is 58.9 Å². The van der Waals surface area contributed by atoms with Crippen molar-refractivity contribution in [2.75, 3.05) is 33.4 Å². The van der Waals surface area contributed by atoms with E-state index in [-0.39, 0.29) is 18.4 Å². The second-order valence-electron chi connectivity index (χ2n) is 8.65. The van der Waals surface area contributed by atoms with Crippen molar-refractivity contribution in [3.05, 3.63) is 59.4 Å². The first-order chi connectivity index (χ1) is 16.0. The van der Waals surface area contributed by atoms with E-state index in [9.17, 15) is 9.59 Å².